The van der Waals surface area contributed by atoms with Crippen molar-refractivity contribution in [2.45, 2.75) is 11.4 Å². The summed E-state index contributed by atoms with van der Waals surface area (Å²) in [5, 5.41) is 24.5. The van der Waals surface area contributed by atoms with Gasteiger partial charge in [-0.1, -0.05) is 36.4 Å². The second-order valence-corrected chi connectivity index (χ2v) is 5.63. The molecule has 1 aliphatic carbocycles. The molecule has 2 aromatic rings. The van der Waals surface area contributed by atoms with E-state index in [2.05, 4.69) is 10.1 Å². The quantitative estimate of drug-likeness (QED) is 0.733. The zero-order valence-corrected chi connectivity index (χ0v) is 12.6. The molecule has 2 atom stereocenters. The number of carbonyl (C=O) groups is 2. The van der Waals surface area contributed by atoms with Crippen LogP contribution in [-0.4, -0.2) is 29.2 Å². The van der Waals surface area contributed by atoms with Gasteiger partial charge in [0.05, 0.1) is 12.8 Å². The summed E-state index contributed by atoms with van der Waals surface area (Å²) < 4.78 is 10.1. The topological polar surface area (TPSA) is 105 Å². The van der Waals surface area contributed by atoms with Crippen LogP contribution in [0.25, 0.3) is 0 Å². The summed E-state index contributed by atoms with van der Waals surface area (Å²) in [7, 11) is 1.20. The van der Waals surface area contributed by atoms with Crippen molar-refractivity contribution in [3.05, 3.63) is 59.2 Å². The zero-order chi connectivity index (χ0) is 17.1. The lowest BCUT2D eigenvalue weighted by atomic mass is 9.87. The molecule has 24 heavy (non-hydrogen) atoms. The van der Waals surface area contributed by atoms with E-state index in [0.717, 1.165) is 0 Å². The average Bonchev–Trinajstić information content (AvgIpc) is 2.93. The van der Waals surface area contributed by atoms with Crippen molar-refractivity contribution in [3.8, 4) is 5.75 Å². The average molecular weight is 327 g/mol. The number of para-hydroxylation sites is 1. The number of hydrogen-bond donors (Lipinski definition) is 3. The Morgan fingerprint density at radius 1 is 1.12 bits per heavy atom. The first-order valence-electron chi connectivity index (χ1n) is 7.20. The number of ether oxygens (including phenoxy) is 2. The number of carbonyl (C=O) groups excluding carboxylic acids is 2. The molecule has 2 unspecified atom stereocenters. The van der Waals surface area contributed by atoms with Crippen molar-refractivity contribution in [1.29, 1.82) is 0 Å². The Morgan fingerprint density at radius 2 is 1.83 bits per heavy atom. The van der Waals surface area contributed by atoms with Crippen molar-refractivity contribution >= 4 is 17.6 Å². The number of ketones is 1. The van der Waals surface area contributed by atoms with Gasteiger partial charge >= 0.3 is 6.09 Å². The number of fused-ring (bicyclic) bond motifs is 5. The Hall–Kier alpha value is -2.90. The fourth-order valence-corrected chi connectivity index (χ4v) is 3.29. The highest BCUT2D eigenvalue weighted by Crippen LogP contribution is 2.59. The molecule has 1 amide bonds. The first-order chi connectivity index (χ1) is 11.4. The minimum absolute atomic E-state index is 0.0238. The molecule has 0 spiro atoms. The minimum Gasteiger partial charge on any atom is -0.453 e. The van der Waals surface area contributed by atoms with Crippen LogP contribution in [0.4, 0.5) is 10.5 Å². The van der Waals surface area contributed by atoms with Gasteiger partial charge in [0.1, 0.15) is 0 Å². The van der Waals surface area contributed by atoms with Crippen LogP contribution in [0.5, 0.6) is 5.75 Å². The highest BCUT2D eigenvalue weighted by atomic mass is 16.7. The van der Waals surface area contributed by atoms with Crippen LogP contribution in [-0.2, 0) is 16.1 Å². The van der Waals surface area contributed by atoms with Crippen molar-refractivity contribution in [2.75, 3.05) is 12.4 Å². The molecule has 0 radical (unpaired) electrons. The molecule has 0 saturated carbocycles. The zero-order valence-electron chi connectivity index (χ0n) is 12.6. The third-order valence-electron chi connectivity index (χ3n) is 4.43. The van der Waals surface area contributed by atoms with Gasteiger partial charge in [-0.3, -0.25) is 10.1 Å². The van der Waals surface area contributed by atoms with Crippen LogP contribution in [0.2, 0.25) is 0 Å². The van der Waals surface area contributed by atoms with E-state index in [-0.39, 0.29) is 28.1 Å². The van der Waals surface area contributed by atoms with Gasteiger partial charge in [0, 0.05) is 16.7 Å². The Balaban J connectivity index is 1.92. The second-order valence-electron chi connectivity index (χ2n) is 5.63. The van der Waals surface area contributed by atoms with E-state index in [1.54, 1.807) is 12.1 Å². The fraction of sp³-hybridized carbons (Fsp3) is 0.176. The van der Waals surface area contributed by atoms with Gasteiger partial charge in [-0.2, -0.15) is 0 Å². The van der Waals surface area contributed by atoms with Crippen molar-refractivity contribution in [1.82, 2.24) is 0 Å². The van der Waals surface area contributed by atoms with E-state index in [4.69, 9.17) is 4.74 Å². The number of anilines is 1. The predicted molar refractivity (Wildman–Crippen MR) is 81.7 cm³/mol. The SMILES string of the molecule is COC(=O)Nc1cccc2c1OC1(O)c3ccccc3C(=O)C21O. The molecular weight excluding hydrogens is 314 g/mol. The van der Waals surface area contributed by atoms with E-state index < -0.39 is 23.3 Å². The first kappa shape index (κ1) is 14.7. The summed E-state index contributed by atoms with van der Waals surface area (Å²) in [6, 6.07) is 10.8. The molecule has 122 valence electrons. The van der Waals surface area contributed by atoms with E-state index in [0.29, 0.717) is 0 Å². The predicted octanol–water partition coefficient (Wildman–Crippen LogP) is 1.49. The molecule has 0 bridgehead atoms. The van der Waals surface area contributed by atoms with Crippen molar-refractivity contribution in [2.24, 2.45) is 0 Å². The second kappa shape index (κ2) is 4.56. The van der Waals surface area contributed by atoms with Gasteiger partial charge in [0.2, 0.25) is 11.4 Å². The summed E-state index contributed by atoms with van der Waals surface area (Å²) in [6.45, 7) is 0. The molecule has 4 rings (SSSR count). The Bertz CT molecular complexity index is 894. The monoisotopic (exact) mass is 327 g/mol. The summed E-state index contributed by atoms with van der Waals surface area (Å²) in [6.07, 6.45) is -0.741. The van der Waals surface area contributed by atoms with Crippen LogP contribution in [0.3, 0.4) is 0 Å². The molecule has 0 saturated heterocycles. The van der Waals surface area contributed by atoms with E-state index >= 15 is 0 Å². The summed E-state index contributed by atoms with van der Waals surface area (Å²) in [5.74, 6) is -2.89. The maximum absolute atomic E-state index is 12.8. The highest BCUT2D eigenvalue weighted by molar-refractivity contribution is 6.10. The molecule has 1 heterocycles. The maximum Gasteiger partial charge on any atom is 0.411 e. The first-order valence-corrected chi connectivity index (χ1v) is 7.20. The Labute approximate surface area is 136 Å². The van der Waals surface area contributed by atoms with Gasteiger partial charge in [0.25, 0.3) is 5.79 Å². The number of rotatable bonds is 1. The number of methoxy groups -OCH3 is 1. The molecule has 0 aromatic heterocycles. The van der Waals surface area contributed by atoms with Gasteiger partial charge in [-0.25, -0.2) is 4.79 Å². The molecule has 2 aromatic carbocycles. The van der Waals surface area contributed by atoms with E-state index in [1.165, 1.54) is 37.4 Å². The number of amides is 1. The van der Waals surface area contributed by atoms with Crippen LogP contribution >= 0.6 is 0 Å². The molecular formula is C17H13NO6. The number of nitrogens with one attached hydrogen (secondary N) is 1. The highest BCUT2D eigenvalue weighted by Gasteiger charge is 2.70. The molecule has 1 aliphatic heterocycles. The fourth-order valence-electron chi connectivity index (χ4n) is 3.29. The molecule has 7 heteroatoms. The molecule has 2 aliphatic rings. The lowest BCUT2D eigenvalue weighted by Gasteiger charge is -2.28. The minimum atomic E-state index is -2.28. The van der Waals surface area contributed by atoms with Crippen LogP contribution in [0.1, 0.15) is 21.5 Å². The normalized spacial score (nSPS) is 26.2. The molecule has 0 fully saturated rings. The van der Waals surface area contributed by atoms with Gasteiger partial charge < -0.3 is 19.7 Å². The van der Waals surface area contributed by atoms with Gasteiger partial charge in [-0.05, 0) is 6.07 Å². The van der Waals surface area contributed by atoms with Gasteiger partial charge in [-0.15, -0.1) is 0 Å². The Kier molecular flexibility index (Phi) is 2.79. The number of Topliss-reactive ketones (excluding diaryl/α,β-unsaturated/α-hetero) is 1. The number of aliphatic hydroxyl groups is 2. The summed E-state index contributed by atoms with van der Waals surface area (Å²) in [4.78, 5) is 24.2. The number of benzene rings is 2. The maximum atomic E-state index is 12.8. The van der Waals surface area contributed by atoms with Crippen molar-refractivity contribution in [3.63, 3.8) is 0 Å². The summed E-state index contributed by atoms with van der Waals surface area (Å²) in [5.41, 5.74) is -1.64. The molecule has 7 nitrogen and oxygen atoms in total. The van der Waals surface area contributed by atoms with Crippen LogP contribution < -0.4 is 10.1 Å². The van der Waals surface area contributed by atoms with E-state index in [9.17, 15) is 19.8 Å². The largest absolute Gasteiger partial charge is 0.453 e. The number of hydrogen-bond acceptors (Lipinski definition) is 6. The van der Waals surface area contributed by atoms with E-state index in [1.807, 2.05) is 0 Å². The standard InChI is InChI=1S/C17H13NO6/c1-23-15(20)18-12-8-4-7-11-13(12)24-17(22)10-6-3-2-5-9(10)14(19)16(11,17)21/h2-8,21-22H,1H3,(H,18,20). The van der Waals surface area contributed by atoms with Crippen LogP contribution in [0.15, 0.2) is 42.5 Å². The molecule has 3 N–H and O–H groups in total. The lowest BCUT2D eigenvalue weighted by Crippen LogP contribution is -2.48. The summed E-state index contributed by atoms with van der Waals surface area (Å²) >= 11 is 0. The Morgan fingerprint density at radius 3 is 2.58 bits per heavy atom. The third kappa shape index (κ3) is 1.52. The third-order valence-corrected chi connectivity index (χ3v) is 4.43. The van der Waals surface area contributed by atoms with Crippen molar-refractivity contribution < 1.29 is 29.3 Å². The van der Waals surface area contributed by atoms with Gasteiger partial charge in [0.15, 0.2) is 5.75 Å². The lowest BCUT2D eigenvalue weighted by molar-refractivity contribution is -0.224. The van der Waals surface area contributed by atoms with Crippen LogP contribution in [0, 0.1) is 0 Å². The smallest absolute Gasteiger partial charge is 0.411 e.